The fourth-order valence-electron chi connectivity index (χ4n) is 2.90. The number of sulfone groups is 1. The number of ketones is 1. The summed E-state index contributed by atoms with van der Waals surface area (Å²) in [6.45, 7) is 3.60. The Morgan fingerprint density at radius 2 is 1.75 bits per heavy atom. The first-order valence-electron chi connectivity index (χ1n) is 8.73. The Morgan fingerprint density at radius 1 is 1.07 bits per heavy atom. The zero-order valence-corrected chi connectivity index (χ0v) is 17.2. The summed E-state index contributed by atoms with van der Waals surface area (Å²) in [5.74, 6) is -0.510. The zero-order chi connectivity index (χ0) is 20.3. The van der Waals surface area contributed by atoms with Crippen LogP contribution in [0.2, 0.25) is 5.02 Å². The molecule has 0 atom stereocenters. The lowest BCUT2D eigenvalue weighted by molar-refractivity contribution is -0.116. The van der Waals surface area contributed by atoms with Gasteiger partial charge in [-0.05, 0) is 37.1 Å². The Kier molecular flexibility index (Phi) is 6.01. The number of aryl methyl sites for hydroxylation is 2. The van der Waals surface area contributed by atoms with E-state index in [-0.39, 0.29) is 12.2 Å². The van der Waals surface area contributed by atoms with Crippen molar-refractivity contribution in [3.8, 4) is 11.5 Å². The van der Waals surface area contributed by atoms with Crippen molar-refractivity contribution in [3.63, 3.8) is 0 Å². The van der Waals surface area contributed by atoms with Gasteiger partial charge in [-0.25, -0.2) is 13.4 Å². The normalized spacial score (nSPS) is 11.5. The van der Waals surface area contributed by atoms with Crippen molar-refractivity contribution < 1.29 is 17.6 Å². The molecule has 0 unspecified atom stereocenters. The number of carbonyl (C=O) groups is 1. The minimum Gasteiger partial charge on any atom is -0.441 e. The molecule has 0 bridgehead atoms. The van der Waals surface area contributed by atoms with Crippen LogP contribution < -0.4 is 0 Å². The number of hydrogen-bond acceptors (Lipinski definition) is 5. The Labute approximate surface area is 169 Å². The van der Waals surface area contributed by atoms with E-state index in [1.807, 2.05) is 31.2 Å². The average molecular weight is 418 g/mol. The van der Waals surface area contributed by atoms with Crippen LogP contribution in [0.15, 0.2) is 52.9 Å². The van der Waals surface area contributed by atoms with Gasteiger partial charge in [-0.15, -0.1) is 0 Å². The molecule has 0 N–H and O–H groups in total. The van der Waals surface area contributed by atoms with Crippen LogP contribution in [0.1, 0.15) is 22.6 Å². The van der Waals surface area contributed by atoms with Crippen molar-refractivity contribution in [2.75, 3.05) is 5.75 Å². The molecule has 1 aromatic heterocycles. The van der Waals surface area contributed by atoms with Gasteiger partial charge in [0.05, 0.1) is 11.4 Å². The average Bonchev–Trinajstić information content (AvgIpc) is 2.96. The summed E-state index contributed by atoms with van der Waals surface area (Å²) < 4.78 is 30.7. The highest BCUT2D eigenvalue weighted by molar-refractivity contribution is 7.91. The number of benzene rings is 2. The maximum atomic E-state index is 12.5. The first kappa shape index (κ1) is 20.3. The Morgan fingerprint density at radius 3 is 2.46 bits per heavy atom. The van der Waals surface area contributed by atoms with Gasteiger partial charge in [-0.3, -0.25) is 4.79 Å². The van der Waals surface area contributed by atoms with Gasteiger partial charge in [0, 0.05) is 17.0 Å². The zero-order valence-electron chi connectivity index (χ0n) is 15.6. The Bertz CT molecular complexity index is 1120. The van der Waals surface area contributed by atoms with E-state index >= 15 is 0 Å². The fourth-order valence-corrected chi connectivity index (χ4v) is 4.48. The molecule has 5 nitrogen and oxygen atoms in total. The molecule has 3 rings (SSSR count). The molecule has 7 heteroatoms. The molecule has 1 heterocycles. The van der Waals surface area contributed by atoms with Crippen molar-refractivity contribution in [3.05, 3.63) is 76.1 Å². The smallest absolute Gasteiger partial charge is 0.226 e. The SMILES string of the molecule is Cc1ccccc1-c1nc(CS(=O)(=O)CC(=O)Cc2ccccc2Cl)c(C)o1. The van der Waals surface area contributed by atoms with E-state index < -0.39 is 21.4 Å². The van der Waals surface area contributed by atoms with Crippen molar-refractivity contribution in [2.24, 2.45) is 0 Å². The van der Waals surface area contributed by atoms with E-state index in [1.165, 1.54) is 0 Å². The lowest BCUT2D eigenvalue weighted by Gasteiger charge is -2.05. The highest BCUT2D eigenvalue weighted by Gasteiger charge is 2.23. The van der Waals surface area contributed by atoms with E-state index in [0.717, 1.165) is 11.1 Å². The third kappa shape index (κ3) is 4.88. The summed E-state index contributed by atoms with van der Waals surface area (Å²) in [6, 6.07) is 14.5. The van der Waals surface area contributed by atoms with E-state index in [9.17, 15) is 13.2 Å². The van der Waals surface area contributed by atoms with Crippen molar-refractivity contribution in [2.45, 2.75) is 26.0 Å². The molecule has 0 aliphatic rings. The van der Waals surface area contributed by atoms with Crippen LogP contribution in [-0.2, 0) is 26.8 Å². The summed E-state index contributed by atoms with van der Waals surface area (Å²) in [7, 11) is -3.68. The predicted octanol–water partition coefficient (Wildman–Crippen LogP) is 4.34. The van der Waals surface area contributed by atoms with E-state index in [2.05, 4.69) is 4.98 Å². The summed E-state index contributed by atoms with van der Waals surface area (Å²) in [5, 5.41) is 0.448. The van der Waals surface area contributed by atoms with Crippen LogP contribution >= 0.6 is 11.6 Å². The van der Waals surface area contributed by atoms with Gasteiger partial charge in [0.1, 0.15) is 11.5 Å². The molecule has 0 amide bonds. The van der Waals surface area contributed by atoms with Crippen LogP contribution in [0, 0.1) is 13.8 Å². The minimum atomic E-state index is -3.68. The lowest BCUT2D eigenvalue weighted by atomic mass is 10.1. The molecular formula is C21H20ClNO4S. The molecule has 3 aromatic rings. The molecule has 0 spiro atoms. The highest BCUT2D eigenvalue weighted by atomic mass is 35.5. The maximum absolute atomic E-state index is 12.5. The molecule has 0 saturated heterocycles. The second-order valence-corrected chi connectivity index (χ2v) is 9.15. The number of rotatable bonds is 7. The molecule has 0 radical (unpaired) electrons. The van der Waals surface area contributed by atoms with Gasteiger partial charge >= 0.3 is 0 Å². The van der Waals surface area contributed by atoms with Crippen LogP contribution in [0.3, 0.4) is 0 Å². The van der Waals surface area contributed by atoms with Crippen molar-refractivity contribution >= 4 is 27.2 Å². The molecule has 0 saturated carbocycles. The van der Waals surface area contributed by atoms with Gasteiger partial charge < -0.3 is 4.42 Å². The first-order chi connectivity index (χ1) is 13.2. The van der Waals surface area contributed by atoms with Crippen LogP contribution in [0.4, 0.5) is 0 Å². The maximum Gasteiger partial charge on any atom is 0.226 e. The van der Waals surface area contributed by atoms with Gasteiger partial charge in [-0.2, -0.15) is 0 Å². The number of Topliss-reactive ketones (excluding diaryl/α,β-unsaturated/α-hetero) is 1. The Balaban J connectivity index is 1.73. The third-order valence-corrected chi connectivity index (χ3v) is 6.19. The number of oxazole rings is 1. The molecule has 0 fully saturated rings. The van der Waals surface area contributed by atoms with Crippen molar-refractivity contribution in [1.82, 2.24) is 4.98 Å². The minimum absolute atomic E-state index is 0.0227. The van der Waals surface area contributed by atoms with Gasteiger partial charge in [0.15, 0.2) is 15.6 Å². The van der Waals surface area contributed by atoms with Gasteiger partial charge in [-0.1, -0.05) is 48.0 Å². The summed E-state index contributed by atoms with van der Waals surface area (Å²) in [4.78, 5) is 16.6. The van der Waals surface area contributed by atoms with E-state index in [1.54, 1.807) is 31.2 Å². The largest absolute Gasteiger partial charge is 0.441 e. The summed E-state index contributed by atoms with van der Waals surface area (Å²) in [6.07, 6.45) is -0.0227. The second kappa shape index (κ2) is 8.29. The second-order valence-electron chi connectivity index (χ2n) is 6.68. The molecule has 146 valence electrons. The summed E-state index contributed by atoms with van der Waals surface area (Å²) in [5.41, 5.74) is 2.73. The molecule has 28 heavy (non-hydrogen) atoms. The highest BCUT2D eigenvalue weighted by Crippen LogP contribution is 2.25. The topological polar surface area (TPSA) is 77.2 Å². The summed E-state index contributed by atoms with van der Waals surface area (Å²) >= 11 is 6.04. The molecule has 0 aliphatic heterocycles. The lowest BCUT2D eigenvalue weighted by Crippen LogP contribution is -2.20. The van der Waals surface area contributed by atoms with E-state index in [0.29, 0.717) is 27.9 Å². The Hall–Kier alpha value is -2.44. The monoisotopic (exact) mass is 417 g/mol. The predicted molar refractivity (Wildman–Crippen MR) is 109 cm³/mol. The van der Waals surface area contributed by atoms with Crippen LogP contribution in [-0.4, -0.2) is 24.9 Å². The number of nitrogens with zero attached hydrogens (tertiary/aromatic N) is 1. The quantitative estimate of drug-likeness (QED) is 0.571. The number of aromatic nitrogens is 1. The first-order valence-corrected chi connectivity index (χ1v) is 10.9. The number of hydrogen-bond donors (Lipinski definition) is 0. The van der Waals surface area contributed by atoms with Crippen LogP contribution in [0.5, 0.6) is 0 Å². The van der Waals surface area contributed by atoms with Crippen LogP contribution in [0.25, 0.3) is 11.5 Å². The van der Waals surface area contributed by atoms with Gasteiger partial charge in [0.25, 0.3) is 0 Å². The van der Waals surface area contributed by atoms with E-state index in [4.69, 9.17) is 16.0 Å². The fraction of sp³-hybridized carbons (Fsp3) is 0.238. The molecule has 2 aromatic carbocycles. The standard InChI is InChI=1S/C21H20ClNO4S/c1-14-7-3-5-9-18(14)21-23-20(15(2)27-21)13-28(25,26)12-17(24)11-16-8-4-6-10-19(16)22/h3-10H,11-13H2,1-2H3. The number of halogens is 1. The molecular weight excluding hydrogens is 398 g/mol. The molecule has 0 aliphatic carbocycles. The van der Waals surface area contributed by atoms with Gasteiger partial charge in [0.2, 0.25) is 5.89 Å². The third-order valence-electron chi connectivity index (χ3n) is 4.35. The van der Waals surface area contributed by atoms with Crippen molar-refractivity contribution in [1.29, 1.82) is 0 Å². The number of carbonyl (C=O) groups excluding carboxylic acids is 1.